The Kier molecular flexibility index (Phi) is 6.93. The van der Waals surface area contributed by atoms with Gasteiger partial charge in [0.25, 0.3) is 0 Å². The van der Waals surface area contributed by atoms with Gasteiger partial charge in [0.15, 0.2) is 0 Å². The molecule has 124 valence electrons. The standard InChI is InChI=1S/C17H35N3O/c1-5-7-18-17-6-8-19(11-15(17)4)12-16-13-20(14(2)3)9-10-21-16/h14-18H,5-13H2,1-4H3. The van der Waals surface area contributed by atoms with Crippen LogP contribution in [0.2, 0.25) is 0 Å². The Morgan fingerprint density at radius 2 is 2.05 bits per heavy atom. The third kappa shape index (κ3) is 5.20. The van der Waals surface area contributed by atoms with Crippen molar-refractivity contribution in [1.82, 2.24) is 15.1 Å². The number of hydrogen-bond acceptors (Lipinski definition) is 4. The highest BCUT2D eigenvalue weighted by Crippen LogP contribution is 2.18. The molecule has 0 spiro atoms. The zero-order chi connectivity index (χ0) is 15.2. The molecule has 2 aliphatic heterocycles. The maximum Gasteiger partial charge on any atom is 0.0829 e. The predicted molar refractivity (Wildman–Crippen MR) is 88.8 cm³/mol. The Balaban J connectivity index is 1.74. The van der Waals surface area contributed by atoms with E-state index < -0.39 is 0 Å². The third-order valence-electron chi connectivity index (χ3n) is 5.01. The molecule has 0 aromatic rings. The zero-order valence-corrected chi connectivity index (χ0v) is 14.5. The van der Waals surface area contributed by atoms with Crippen LogP contribution in [0.5, 0.6) is 0 Å². The average molecular weight is 297 g/mol. The van der Waals surface area contributed by atoms with E-state index in [1.54, 1.807) is 0 Å². The summed E-state index contributed by atoms with van der Waals surface area (Å²) in [5, 5.41) is 3.70. The second-order valence-corrected chi connectivity index (χ2v) is 7.17. The number of ether oxygens (including phenoxy) is 1. The lowest BCUT2D eigenvalue weighted by atomic mass is 9.93. The molecule has 21 heavy (non-hydrogen) atoms. The molecule has 2 heterocycles. The van der Waals surface area contributed by atoms with Crippen molar-refractivity contribution in [3.05, 3.63) is 0 Å². The van der Waals surface area contributed by atoms with Crippen LogP contribution < -0.4 is 5.32 Å². The highest BCUT2D eigenvalue weighted by atomic mass is 16.5. The summed E-state index contributed by atoms with van der Waals surface area (Å²) in [5.74, 6) is 0.745. The lowest BCUT2D eigenvalue weighted by Crippen LogP contribution is -2.53. The molecule has 2 aliphatic rings. The first kappa shape index (κ1) is 17.2. The van der Waals surface area contributed by atoms with Crippen LogP contribution >= 0.6 is 0 Å². The SMILES string of the molecule is CCCNC1CCN(CC2CN(C(C)C)CCO2)CC1C. The molecule has 0 aromatic carbocycles. The molecule has 1 N–H and O–H groups in total. The molecule has 0 saturated carbocycles. The van der Waals surface area contributed by atoms with Crippen LogP contribution in [0.15, 0.2) is 0 Å². The van der Waals surface area contributed by atoms with Gasteiger partial charge in [0, 0.05) is 38.3 Å². The first-order valence-corrected chi connectivity index (χ1v) is 8.91. The van der Waals surface area contributed by atoms with Gasteiger partial charge in [0.1, 0.15) is 0 Å². The fourth-order valence-corrected chi connectivity index (χ4v) is 3.64. The van der Waals surface area contributed by atoms with Gasteiger partial charge in [0.05, 0.1) is 12.7 Å². The molecule has 2 saturated heterocycles. The number of hydrogen-bond donors (Lipinski definition) is 1. The van der Waals surface area contributed by atoms with Crippen molar-refractivity contribution in [2.45, 2.75) is 58.7 Å². The summed E-state index contributed by atoms with van der Waals surface area (Å²) in [6.45, 7) is 17.0. The molecule has 0 bridgehead atoms. The van der Waals surface area contributed by atoms with Crippen LogP contribution in [-0.2, 0) is 4.74 Å². The van der Waals surface area contributed by atoms with E-state index in [9.17, 15) is 0 Å². The molecule has 0 radical (unpaired) electrons. The number of rotatable bonds is 6. The van der Waals surface area contributed by atoms with E-state index in [-0.39, 0.29) is 0 Å². The fraction of sp³-hybridized carbons (Fsp3) is 1.00. The Hall–Kier alpha value is -0.160. The van der Waals surface area contributed by atoms with Crippen molar-refractivity contribution in [3.63, 3.8) is 0 Å². The average Bonchev–Trinajstić information content (AvgIpc) is 2.47. The van der Waals surface area contributed by atoms with Crippen molar-refractivity contribution < 1.29 is 4.74 Å². The Bertz CT molecular complexity index is 298. The highest BCUT2D eigenvalue weighted by molar-refractivity contribution is 4.85. The molecule has 3 unspecified atom stereocenters. The topological polar surface area (TPSA) is 27.7 Å². The van der Waals surface area contributed by atoms with Crippen LogP contribution in [0, 0.1) is 5.92 Å². The first-order chi connectivity index (χ1) is 10.1. The molecule has 4 nitrogen and oxygen atoms in total. The van der Waals surface area contributed by atoms with Crippen LogP contribution in [-0.4, -0.2) is 73.9 Å². The summed E-state index contributed by atoms with van der Waals surface area (Å²) in [5.41, 5.74) is 0. The summed E-state index contributed by atoms with van der Waals surface area (Å²) in [6, 6.07) is 1.35. The first-order valence-electron chi connectivity index (χ1n) is 8.91. The Labute approximate surface area is 131 Å². The summed E-state index contributed by atoms with van der Waals surface area (Å²) in [6.07, 6.45) is 2.91. The molecular weight excluding hydrogens is 262 g/mol. The van der Waals surface area contributed by atoms with E-state index >= 15 is 0 Å². The number of morpholine rings is 1. The van der Waals surface area contributed by atoms with Gasteiger partial charge < -0.3 is 15.0 Å². The molecule has 2 fully saturated rings. The van der Waals surface area contributed by atoms with Crippen molar-refractivity contribution in [2.24, 2.45) is 5.92 Å². The maximum atomic E-state index is 5.99. The van der Waals surface area contributed by atoms with Crippen molar-refractivity contribution in [3.8, 4) is 0 Å². The normalized spacial score (nSPS) is 32.7. The lowest BCUT2D eigenvalue weighted by Gasteiger charge is -2.41. The van der Waals surface area contributed by atoms with Crippen molar-refractivity contribution in [1.29, 1.82) is 0 Å². The van der Waals surface area contributed by atoms with Crippen molar-refractivity contribution in [2.75, 3.05) is 45.9 Å². The lowest BCUT2D eigenvalue weighted by molar-refractivity contribution is -0.0568. The minimum Gasteiger partial charge on any atom is -0.374 e. The van der Waals surface area contributed by atoms with Gasteiger partial charge in [0.2, 0.25) is 0 Å². The van der Waals surface area contributed by atoms with Gasteiger partial charge >= 0.3 is 0 Å². The summed E-state index contributed by atoms with van der Waals surface area (Å²) >= 11 is 0. The van der Waals surface area contributed by atoms with Crippen LogP contribution in [0.25, 0.3) is 0 Å². The van der Waals surface area contributed by atoms with E-state index in [2.05, 4.69) is 42.8 Å². The fourth-order valence-electron chi connectivity index (χ4n) is 3.64. The maximum absolute atomic E-state index is 5.99. The van der Waals surface area contributed by atoms with E-state index in [4.69, 9.17) is 4.74 Å². The largest absolute Gasteiger partial charge is 0.374 e. The van der Waals surface area contributed by atoms with E-state index in [1.807, 2.05) is 0 Å². The highest BCUT2D eigenvalue weighted by Gasteiger charge is 2.29. The molecule has 0 amide bonds. The predicted octanol–water partition coefficient (Wildman–Crippen LogP) is 1.81. The third-order valence-corrected chi connectivity index (χ3v) is 5.01. The quantitative estimate of drug-likeness (QED) is 0.809. The monoisotopic (exact) mass is 297 g/mol. The van der Waals surface area contributed by atoms with Crippen LogP contribution in [0.1, 0.15) is 40.5 Å². The van der Waals surface area contributed by atoms with Gasteiger partial charge in [-0.3, -0.25) is 4.90 Å². The second-order valence-electron chi connectivity index (χ2n) is 7.17. The zero-order valence-electron chi connectivity index (χ0n) is 14.5. The van der Waals surface area contributed by atoms with E-state index in [0.29, 0.717) is 18.2 Å². The smallest absolute Gasteiger partial charge is 0.0829 e. The molecule has 0 aromatic heterocycles. The summed E-state index contributed by atoms with van der Waals surface area (Å²) in [7, 11) is 0. The molecule has 0 aliphatic carbocycles. The Morgan fingerprint density at radius 1 is 1.24 bits per heavy atom. The second kappa shape index (κ2) is 8.47. The van der Waals surface area contributed by atoms with Gasteiger partial charge in [-0.2, -0.15) is 0 Å². The van der Waals surface area contributed by atoms with Gasteiger partial charge in [-0.1, -0.05) is 13.8 Å². The van der Waals surface area contributed by atoms with Gasteiger partial charge in [-0.05, 0) is 45.7 Å². The molecule has 3 atom stereocenters. The summed E-state index contributed by atoms with van der Waals surface area (Å²) < 4.78 is 5.99. The minimum atomic E-state index is 0.397. The Morgan fingerprint density at radius 3 is 2.71 bits per heavy atom. The van der Waals surface area contributed by atoms with Crippen LogP contribution in [0.4, 0.5) is 0 Å². The number of likely N-dealkylation sites (tertiary alicyclic amines) is 1. The number of nitrogens with one attached hydrogen (secondary N) is 1. The minimum absolute atomic E-state index is 0.397. The van der Waals surface area contributed by atoms with E-state index in [0.717, 1.165) is 38.7 Å². The molecule has 4 heteroatoms. The van der Waals surface area contributed by atoms with Crippen molar-refractivity contribution >= 4 is 0 Å². The molecular formula is C17H35N3O. The van der Waals surface area contributed by atoms with Gasteiger partial charge in [-0.15, -0.1) is 0 Å². The van der Waals surface area contributed by atoms with Gasteiger partial charge in [-0.25, -0.2) is 0 Å². The molecule has 2 rings (SSSR count). The summed E-state index contributed by atoms with van der Waals surface area (Å²) in [4.78, 5) is 5.16. The number of piperidine rings is 1. The van der Waals surface area contributed by atoms with Crippen LogP contribution in [0.3, 0.4) is 0 Å². The number of nitrogens with zero attached hydrogens (tertiary/aromatic N) is 2. The van der Waals surface area contributed by atoms with E-state index in [1.165, 1.54) is 25.9 Å².